The third kappa shape index (κ3) is 5.38. The second-order valence-corrected chi connectivity index (χ2v) is 6.48. The topological polar surface area (TPSA) is 15.3 Å². The summed E-state index contributed by atoms with van der Waals surface area (Å²) < 4.78 is 24.5. The summed E-state index contributed by atoms with van der Waals surface area (Å²) in [6.45, 7) is 4.23. The van der Waals surface area contributed by atoms with Gasteiger partial charge in [-0.15, -0.1) is 0 Å². The minimum absolute atomic E-state index is 0.601. The average Bonchev–Trinajstić information content (AvgIpc) is 2.41. The molecular formula is C15H22F2N2S. The molecule has 1 saturated heterocycles. The van der Waals surface area contributed by atoms with Crippen molar-refractivity contribution < 1.29 is 8.78 Å². The molecule has 0 bridgehead atoms. The molecule has 2 rings (SSSR count). The van der Waals surface area contributed by atoms with E-state index in [2.05, 4.69) is 17.3 Å². The molecule has 0 saturated carbocycles. The van der Waals surface area contributed by atoms with Crippen LogP contribution in [0.25, 0.3) is 0 Å². The molecule has 0 spiro atoms. The van der Waals surface area contributed by atoms with Crippen LogP contribution in [0.3, 0.4) is 0 Å². The summed E-state index contributed by atoms with van der Waals surface area (Å²) in [7, 11) is 2.13. The smallest absolute Gasteiger partial charge is 0.288 e. The third-order valence-electron chi connectivity index (χ3n) is 3.63. The van der Waals surface area contributed by atoms with E-state index in [1.54, 1.807) is 12.1 Å². The van der Waals surface area contributed by atoms with Crippen molar-refractivity contribution in [3.8, 4) is 0 Å². The first-order valence-corrected chi connectivity index (χ1v) is 7.94. The van der Waals surface area contributed by atoms with Gasteiger partial charge in [-0.3, -0.25) is 0 Å². The standard InChI is InChI=1S/C15H22F2N2S/c1-19(11-13-6-8-18-9-7-13)10-12-2-4-14(5-3-12)20-15(16)17/h2-5,13,15,18H,6-11H2,1H3. The summed E-state index contributed by atoms with van der Waals surface area (Å²) in [4.78, 5) is 2.95. The summed E-state index contributed by atoms with van der Waals surface area (Å²) in [5.74, 6) is -1.57. The number of thioether (sulfide) groups is 1. The van der Waals surface area contributed by atoms with Gasteiger partial charge in [0.1, 0.15) is 0 Å². The van der Waals surface area contributed by atoms with Crippen molar-refractivity contribution in [2.75, 3.05) is 26.7 Å². The van der Waals surface area contributed by atoms with Crippen LogP contribution in [0.1, 0.15) is 18.4 Å². The van der Waals surface area contributed by atoms with Crippen LogP contribution < -0.4 is 5.32 Å². The Labute approximate surface area is 123 Å². The molecule has 1 N–H and O–H groups in total. The SMILES string of the molecule is CN(Cc1ccc(SC(F)F)cc1)CC1CCNCC1. The Kier molecular flexibility index (Phi) is 6.26. The zero-order chi connectivity index (χ0) is 14.4. The highest BCUT2D eigenvalue weighted by Gasteiger charge is 2.15. The quantitative estimate of drug-likeness (QED) is 0.810. The van der Waals surface area contributed by atoms with E-state index in [1.807, 2.05) is 12.1 Å². The van der Waals surface area contributed by atoms with Gasteiger partial charge in [-0.1, -0.05) is 23.9 Å². The highest BCUT2D eigenvalue weighted by Crippen LogP contribution is 2.25. The lowest BCUT2D eigenvalue weighted by Crippen LogP contribution is -2.34. The van der Waals surface area contributed by atoms with Crippen LogP contribution in [0, 0.1) is 5.92 Å². The van der Waals surface area contributed by atoms with E-state index >= 15 is 0 Å². The van der Waals surface area contributed by atoms with E-state index in [0.717, 1.165) is 32.1 Å². The number of hydrogen-bond acceptors (Lipinski definition) is 3. The fourth-order valence-electron chi connectivity index (χ4n) is 2.66. The fourth-order valence-corrected chi connectivity index (χ4v) is 3.16. The average molecular weight is 300 g/mol. The van der Waals surface area contributed by atoms with Gasteiger partial charge in [0.15, 0.2) is 0 Å². The molecule has 1 aromatic carbocycles. The fraction of sp³-hybridized carbons (Fsp3) is 0.600. The summed E-state index contributed by atoms with van der Waals surface area (Å²) in [6.07, 6.45) is 2.49. The molecule has 112 valence electrons. The molecule has 0 aromatic heterocycles. The van der Waals surface area contributed by atoms with Crippen LogP contribution in [0.2, 0.25) is 0 Å². The first kappa shape index (κ1) is 15.7. The first-order valence-electron chi connectivity index (χ1n) is 7.06. The Morgan fingerprint density at radius 3 is 2.50 bits per heavy atom. The van der Waals surface area contributed by atoms with Crippen molar-refractivity contribution in [3.63, 3.8) is 0 Å². The van der Waals surface area contributed by atoms with Crippen LogP contribution in [-0.2, 0) is 6.54 Å². The molecule has 20 heavy (non-hydrogen) atoms. The first-order chi connectivity index (χ1) is 9.63. The predicted octanol–water partition coefficient (Wildman–Crippen LogP) is 3.43. The molecule has 0 radical (unpaired) electrons. The van der Waals surface area contributed by atoms with E-state index in [9.17, 15) is 8.78 Å². The van der Waals surface area contributed by atoms with Gasteiger partial charge in [-0.25, -0.2) is 0 Å². The van der Waals surface area contributed by atoms with Crippen molar-refractivity contribution in [2.45, 2.75) is 30.0 Å². The maximum atomic E-state index is 12.2. The summed E-state index contributed by atoms with van der Waals surface area (Å²) in [6, 6.07) is 7.46. The molecule has 0 unspecified atom stereocenters. The number of nitrogens with zero attached hydrogens (tertiary/aromatic N) is 1. The number of benzene rings is 1. The zero-order valence-electron chi connectivity index (χ0n) is 11.8. The second kappa shape index (κ2) is 7.96. The normalized spacial score (nSPS) is 17.1. The van der Waals surface area contributed by atoms with Crippen LogP contribution in [-0.4, -0.2) is 37.3 Å². The molecular weight excluding hydrogens is 278 g/mol. The summed E-state index contributed by atoms with van der Waals surface area (Å²) in [5.41, 5.74) is 1.18. The molecule has 2 nitrogen and oxygen atoms in total. The number of piperidine rings is 1. The molecule has 1 aliphatic rings. The number of alkyl halides is 2. The Morgan fingerprint density at radius 1 is 1.25 bits per heavy atom. The molecule has 0 amide bonds. The van der Waals surface area contributed by atoms with E-state index in [1.165, 1.54) is 18.4 Å². The van der Waals surface area contributed by atoms with Crippen molar-refractivity contribution in [3.05, 3.63) is 29.8 Å². The lowest BCUT2D eigenvalue weighted by atomic mass is 9.97. The van der Waals surface area contributed by atoms with Crippen molar-refractivity contribution in [1.82, 2.24) is 10.2 Å². The van der Waals surface area contributed by atoms with E-state index in [4.69, 9.17) is 0 Å². The molecule has 0 atom stereocenters. The number of halogens is 2. The second-order valence-electron chi connectivity index (χ2n) is 5.41. The predicted molar refractivity (Wildman–Crippen MR) is 80.2 cm³/mol. The Bertz CT molecular complexity index is 391. The lowest BCUT2D eigenvalue weighted by Gasteiger charge is -2.27. The zero-order valence-corrected chi connectivity index (χ0v) is 12.6. The largest absolute Gasteiger partial charge is 0.317 e. The third-order valence-corrected chi connectivity index (χ3v) is 4.35. The number of hydrogen-bond donors (Lipinski definition) is 1. The highest BCUT2D eigenvalue weighted by molar-refractivity contribution is 7.99. The van der Waals surface area contributed by atoms with E-state index in [-0.39, 0.29) is 0 Å². The van der Waals surface area contributed by atoms with Gasteiger partial charge in [-0.05, 0) is 56.6 Å². The maximum Gasteiger partial charge on any atom is 0.288 e. The van der Waals surface area contributed by atoms with Gasteiger partial charge in [0.25, 0.3) is 5.76 Å². The van der Waals surface area contributed by atoms with Gasteiger partial charge >= 0.3 is 0 Å². The summed E-state index contributed by atoms with van der Waals surface area (Å²) >= 11 is 0.601. The van der Waals surface area contributed by atoms with E-state index < -0.39 is 5.76 Å². The Balaban J connectivity index is 1.79. The maximum absolute atomic E-state index is 12.2. The van der Waals surface area contributed by atoms with Crippen LogP contribution in [0.4, 0.5) is 8.78 Å². The Morgan fingerprint density at radius 2 is 1.90 bits per heavy atom. The van der Waals surface area contributed by atoms with Crippen LogP contribution in [0.15, 0.2) is 29.2 Å². The van der Waals surface area contributed by atoms with Gasteiger partial charge in [0.05, 0.1) is 0 Å². The minimum atomic E-state index is -2.34. The van der Waals surface area contributed by atoms with Crippen molar-refractivity contribution in [2.24, 2.45) is 5.92 Å². The van der Waals surface area contributed by atoms with Gasteiger partial charge in [0.2, 0.25) is 0 Å². The van der Waals surface area contributed by atoms with Gasteiger partial charge < -0.3 is 10.2 Å². The van der Waals surface area contributed by atoms with Crippen LogP contribution >= 0.6 is 11.8 Å². The molecule has 5 heteroatoms. The number of rotatable bonds is 6. The molecule has 1 aliphatic heterocycles. The minimum Gasteiger partial charge on any atom is -0.317 e. The molecule has 1 fully saturated rings. The molecule has 0 aliphatic carbocycles. The van der Waals surface area contributed by atoms with Gasteiger partial charge in [0, 0.05) is 18.0 Å². The van der Waals surface area contributed by atoms with Crippen molar-refractivity contribution in [1.29, 1.82) is 0 Å². The monoisotopic (exact) mass is 300 g/mol. The van der Waals surface area contributed by atoms with Crippen LogP contribution in [0.5, 0.6) is 0 Å². The summed E-state index contributed by atoms with van der Waals surface area (Å²) in [5, 5.41) is 3.38. The van der Waals surface area contributed by atoms with Crippen molar-refractivity contribution >= 4 is 11.8 Å². The Hall–Kier alpha value is -0.650. The molecule has 1 aromatic rings. The molecule has 1 heterocycles. The highest BCUT2D eigenvalue weighted by atomic mass is 32.2. The van der Waals surface area contributed by atoms with Gasteiger partial charge in [-0.2, -0.15) is 8.78 Å². The number of nitrogens with one attached hydrogen (secondary N) is 1. The lowest BCUT2D eigenvalue weighted by molar-refractivity contribution is 0.234. The van der Waals surface area contributed by atoms with E-state index in [0.29, 0.717) is 16.7 Å².